The van der Waals surface area contributed by atoms with E-state index >= 15 is 0 Å². The molecule has 1 fully saturated rings. The van der Waals surface area contributed by atoms with Crippen LogP contribution in [-0.4, -0.2) is 37.3 Å². The Hall–Kier alpha value is -1.14. The van der Waals surface area contributed by atoms with Crippen molar-refractivity contribution in [2.75, 3.05) is 25.0 Å². The summed E-state index contributed by atoms with van der Waals surface area (Å²) >= 11 is 0. The van der Waals surface area contributed by atoms with Gasteiger partial charge in [0, 0.05) is 25.8 Å². The molecular weight excluding hydrogens is 262 g/mol. The minimum absolute atomic E-state index is 0.285. The van der Waals surface area contributed by atoms with E-state index < -0.39 is 10.0 Å². The predicted octanol–water partition coefficient (Wildman–Crippen LogP) is 2.08. The topological polar surface area (TPSA) is 62.3 Å². The third kappa shape index (κ3) is 3.45. The molecule has 0 bridgehead atoms. The van der Waals surface area contributed by atoms with Crippen LogP contribution in [0.4, 0.5) is 5.69 Å². The van der Waals surface area contributed by atoms with Crippen LogP contribution in [0.3, 0.4) is 0 Å². The number of nitrogens with one attached hydrogen (secondary N) is 1. The first kappa shape index (κ1) is 14.3. The Morgan fingerprint density at radius 3 is 2.53 bits per heavy atom. The van der Waals surface area contributed by atoms with Gasteiger partial charge in [-0.2, -0.15) is 4.31 Å². The average molecular weight is 283 g/mol. The van der Waals surface area contributed by atoms with E-state index in [0.29, 0.717) is 13.1 Å². The van der Waals surface area contributed by atoms with Gasteiger partial charge in [-0.1, -0.05) is 12.8 Å². The summed E-state index contributed by atoms with van der Waals surface area (Å²) in [6.07, 6.45) is 7.19. The van der Waals surface area contributed by atoms with Crippen LogP contribution in [-0.2, 0) is 10.0 Å². The van der Waals surface area contributed by atoms with E-state index in [0.717, 1.165) is 37.9 Å². The molecule has 0 atom stereocenters. The quantitative estimate of drug-likeness (QED) is 0.919. The van der Waals surface area contributed by atoms with Crippen LogP contribution in [0.1, 0.15) is 32.6 Å². The van der Waals surface area contributed by atoms with Crippen LogP contribution in [0.2, 0.25) is 0 Å². The van der Waals surface area contributed by atoms with Crippen LogP contribution in [0, 0.1) is 0 Å². The summed E-state index contributed by atoms with van der Waals surface area (Å²) in [6.45, 7) is 3.95. The Balaban J connectivity index is 2.24. The lowest BCUT2D eigenvalue weighted by Crippen LogP contribution is -2.32. The van der Waals surface area contributed by atoms with Crippen LogP contribution in [0.15, 0.2) is 23.4 Å². The van der Waals surface area contributed by atoms with Gasteiger partial charge in [-0.15, -0.1) is 0 Å². The van der Waals surface area contributed by atoms with Crippen molar-refractivity contribution in [1.82, 2.24) is 9.29 Å². The fraction of sp³-hybridized carbons (Fsp3) is 0.615. The first-order valence-electron chi connectivity index (χ1n) is 6.83. The minimum Gasteiger partial charge on any atom is -0.384 e. The Labute approximate surface area is 115 Å². The van der Waals surface area contributed by atoms with Gasteiger partial charge < -0.3 is 5.32 Å². The first-order valence-corrected chi connectivity index (χ1v) is 8.27. The van der Waals surface area contributed by atoms with Crippen LogP contribution in [0.5, 0.6) is 0 Å². The lowest BCUT2D eigenvalue weighted by atomic mass is 10.2. The normalized spacial score (nSPS) is 17.9. The number of sulfonamides is 1. The Kier molecular flexibility index (Phi) is 4.76. The maximum absolute atomic E-state index is 12.6. The third-order valence-corrected chi connectivity index (χ3v) is 5.16. The summed E-state index contributed by atoms with van der Waals surface area (Å²) in [5, 5.41) is 3.09. The van der Waals surface area contributed by atoms with Crippen LogP contribution >= 0.6 is 0 Å². The van der Waals surface area contributed by atoms with E-state index in [1.807, 2.05) is 6.92 Å². The van der Waals surface area contributed by atoms with E-state index in [1.165, 1.54) is 6.20 Å². The molecule has 1 N–H and O–H groups in total. The molecule has 1 aromatic rings. The van der Waals surface area contributed by atoms with Gasteiger partial charge in [0.2, 0.25) is 10.0 Å². The number of rotatable bonds is 4. The summed E-state index contributed by atoms with van der Waals surface area (Å²) in [5.74, 6) is 0. The zero-order chi connectivity index (χ0) is 13.7. The molecule has 0 radical (unpaired) electrons. The third-order valence-electron chi connectivity index (χ3n) is 3.30. The van der Waals surface area contributed by atoms with E-state index in [1.54, 1.807) is 16.6 Å². The van der Waals surface area contributed by atoms with Crippen molar-refractivity contribution in [2.45, 2.75) is 37.5 Å². The second-order valence-corrected chi connectivity index (χ2v) is 6.70. The number of pyridine rings is 1. The van der Waals surface area contributed by atoms with E-state index in [-0.39, 0.29) is 4.90 Å². The molecule has 1 aliphatic rings. The molecule has 1 aromatic heterocycles. The molecule has 2 rings (SSSR count). The average Bonchev–Trinajstić information content (AvgIpc) is 2.69. The molecule has 0 aromatic carbocycles. The van der Waals surface area contributed by atoms with E-state index in [9.17, 15) is 8.42 Å². The fourth-order valence-electron chi connectivity index (χ4n) is 2.29. The molecule has 1 aliphatic heterocycles. The van der Waals surface area contributed by atoms with E-state index in [2.05, 4.69) is 10.3 Å². The number of hydrogen-bond donors (Lipinski definition) is 1. The first-order chi connectivity index (χ1) is 9.14. The highest BCUT2D eigenvalue weighted by Crippen LogP contribution is 2.21. The van der Waals surface area contributed by atoms with Crippen LogP contribution in [0.25, 0.3) is 0 Å². The van der Waals surface area contributed by atoms with Crippen LogP contribution < -0.4 is 5.32 Å². The van der Waals surface area contributed by atoms with Gasteiger partial charge in [-0.05, 0) is 25.8 Å². The van der Waals surface area contributed by atoms with Gasteiger partial charge in [0.15, 0.2) is 0 Å². The SMILES string of the molecule is CCNc1cncc(S(=O)(=O)N2CCCCCC2)c1. The highest BCUT2D eigenvalue weighted by Gasteiger charge is 2.25. The summed E-state index contributed by atoms with van der Waals surface area (Å²) in [7, 11) is -3.40. The Morgan fingerprint density at radius 1 is 1.21 bits per heavy atom. The smallest absolute Gasteiger partial charge is 0.244 e. The van der Waals surface area contributed by atoms with Gasteiger partial charge in [0.05, 0.1) is 11.9 Å². The van der Waals surface area contributed by atoms with Crippen molar-refractivity contribution in [1.29, 1.82) is 0 Å². The molecule has 19 heavy (non-hydrogen) atoms. The summed E-state index contributed by atoms with van der Waals surface area (Å²) in [4.78, 5) is 4.30. The van der Waals surface area contributed by atoms with E-state index in [4.69, 9.17) is 0 Å². The number of nitrogens with zero attached hydrogens (tertiary/aromatic N) is 2. The van der Waals surface area contributed by atoms with Crippen molar-refractivity contribution in [3.63, 3.8) is 0 Å². The zero-order valence-electron chi connectivity index (χ0n) is 11.3. The van der Waals surface area contributed by atoms with Gasteiger partial charge in [0.1, 0.15) is 4.90 Å². The molecule has 1 saturated heterocycles. The molecule has 0 unspecified atom stereocenters. The highest BCUT2D eigenvalue weighted by atomic mass is 32.2. The predicted molar refractivity (Wildman–Crippen MR) is 75.6 cm³/mol. The van der Waals surface area contributed by atoms with Gasteiger partial charge >= 0.3 is 0 Å². The Morgan fingerprint density at radius 2 is 1.89 bits per heavy atom. The monoisotopic (exact) mass is 283 g/mol. The molecule has 0 saturated carbocycles. The number of anilines is 1. The van der Waals surface area contributed by atoms with Gasteiger partial charge in [-0.3, -0.25) is 4.98 Å². The molecular formula is C13H21N3O2S. The van der Waals surface area contributed by atoms with Crippen molar-refractivity contribution in [2.24, 2.45) is 0 Å². The maximum atomic E-state index is 12.6. The lowest BCUT2D eigenvalue weighted by Gasteiger charge is -2.20. The zero-order valence-corrected chi connectivity index (χ0v) is 12.1. The highest BCUT2D eigenvalue weighted by molar-refractivity contribution is 7.89. The molecule has 0 aliphatic carbocycles. The maximum Gasteiger partial charge on any atom is 0.244 e. The lowest BCUT2D eigenvalue weighted by molar-refractivity contribution is 0.423. The number of hydrogen-bond acceptors (Lipinski definition) is 4. The summed E-state index contributed by atoms with van der Waals surface area (Å²) in [6, 6.07) is 1.66. The Bertz CT molecular complexity index is 508. The fourth-order valence-corrected chi connectivity index (χ4v) is 3.80. The van der Waals surface area contributed by atoms with Crippen molar-refractivity contribution >= 4 is 15.7 Å². The number of aromatic nitrogens is 1. The second-order valence-electron chi connectivity index (χ2n) is 4.76. The second kappa shape index (κ2) is 6.34. The summed E-state index contributed by atoms with van der Waals surface area (Å²) < 4.78 is 26.7. The van der Waals surface area contributed by atoms with Crippen molar-refractivity contribution in [3.05, 3.63) is 18.5 Å². The molecule has 106 valence electrons. The van der Waals surface area contributed by atoms with Crippen molar-refractivity contribution < 1.29 is 8.42 Å². The summed E-state index contributed by atoms with van der Waals surface area (Å²) in [5.41, 5.74) is 0.749. The molecule has 6 heteroatoms. The molecule has 0 amide bonds. The standard InChI is InChI=1S/C13H21N3O2S/c1-2-15-12-9-13(11-14-10-12)19(17,18)16-7-5-3-4-6-8-16/h9-11,15H,2-8H2,1H3. The molecule has 2 heterocycles. The largest absolute Gasteiger partial charge is 0.384 e. The molecule has 0 spiro atoms. The van der Waals surface area contributed by atoms with Crippen molar-refractivity contribution in [3.8, 4) is 0 Å². The molecule has 5 nitrogen and oxygen atoms in total. The minimum atomic E-state index is -3.40. The van der Waals surface area contributed by atoms with Gasteiger partial charge in [0.25, 0.3) is 0 Å². The van der Waals surface area contributed by atoms with Gasteiger partial charge in [-0.25, -0.2) is 8.42 Å².